The molecule has 2 atom stereocenters. The van der Waals surface area contributed by atoms with Crippen LogP contribution in [0.1, 0.15) is 32.1 Å². The molecule has 2 bridgehead atoms. The van der Waals surface area contributed by atoms with Gasteiger partial charge >= 0.3 is 12.1 Å². The minimum Gasteiger partial charge on any atom is -0.374 e. The van der Waals surface area contributed by atoms with E-state index in [1.165, 1.54) is 12.2 Å². The molecule has 0 aromatic heterocycles. The molecule has 0 aromatic rings. The van der Waals surface area contributed by atoms with E-state index in [4.69, 9.17) is 0 Å². The van der Waals surface area contributed by atoms with E-state index in [0.717, 1.165) is 36.8 Å². The molecule has 8 heteroatoms. The minimum atomic E-state index is -4.28. The van der Waals surface area contributed by atoms with E-state index in [1.807, 2.05) is 0 Å². The van der Waals surface area contributed by atoms with Gasteiger partial charge in [0.15, 0.2) is 0 Å². The highest BCUT2D eigenvalue weighted by Gasteiger charge is 2.44. The molecule has 5 aliphatic rings. The Bertz CT molecular complexity index is 787. The van der Waals surface area contributed by atoms with Gasteiger partial charge in [0.2, 0.25) is 0 Å². The number of rotatable bonds is 3. The van der Waals surface area contributed by atoms with Crippen LogP contribution < -0.4 is 10.6 Å². The lowest BCUT2D eigenvalue weighted by Gasteiger charge is -2.45. The fourth-order valence-corrected chi connectivity index (χ4v) is 4.76. The van der Waals surface area contributed by atoms with Gasteiger partial charge in [-0.1, -0.05) is 6.08 Å². The summed E-state index contributed by atoms with van der Waals surface area (Å²) in [5.74, 6) is -1.80. The predicted molar refractivity (Wildman–Crippen MR) is 92.8 cm³/mol. The van der Waals surface area contributed by atoms with Gasteiger partial charge in [-0.05, 0) is 67.2 Å². The van der Waals surface area contributed by atoms with Crippen LogP contribution in [0.4, 0.5) is 13.2 Å². The standard InChI is InChI=1S/C19H20F3N3O2/c20-19(21,22)12-2-1-3-13(8-12)24-14-9-23-17(18(26)25-27)16-11-6-4-10(5-7-11)15(14)16/h1,3,8-12,17,23-24H,2,4-7H2. The number of nitrogens with one attached hydrogen (secondary N) is 2. The first kappa shape index (κ1) is 18.0. The number of carbonyl (C=O) groups is 1. The topological polar surface area (TPSA) is 70.6 Å². The zero-order valence-electron chi connectivity index (χ0n) is 14.6. The summed E-state index contributed by atoms with van der Waals surface area (Å²) in [6, 6.07) is -0.755. The van der Waals surface area contributed by atoms with Crippen molar-refractivity contribution >= 4 is 5.91 Å². The Balaban J connectivity index is 1.65. The van der Waals surface area contributed by atoms with Crippen LogP contribution in [0.2, 0.25) is 0 Å². The summed E-state index contributed by atoms with van der Waals surface area (Å²) in [7, 11) is 0. The third-order valence-corrected chi connectivity index (χ3v) is 5.99. The maximum Gasteiger partial charge on any atom is 0.395 e. The zero-order valence-corrected chi connectivity index (χ0v) is 14.6. The molecule has 27 heavy (non-hydrogen) atoms. The molecule has 5 nitrogen and oxygen atoms in total. The van der Waals surface area contributed by atoms with Crippen molar-refractivity contribution in [2.24, 2.45) is 22.9 Å². The van der Waals surface area contributed by atoms with Crippen molar-refractivity contribution in [3.05, 3.63) is 51.9 Å². The number of allylic oxidation sites excluding steroid dienone is 4. The van der Waals surface area contributed by atoms with Gasteiger partial charge in [0.1, 0.15) is 6.04 Å². The second-order valence-corrected chi connectivity index (χ2v) is 7.54. The highest BCUT2D eigenvalue weighted by Crippen LogP contribution is 2.49. The first-order valence-electron chi connectivity index (χ1n) is 9.18. The third-order valence-electron chi connectivity index (χ3n) is 5.99. The number of alkyl halides is 3. The van der Waals surface area contributed by atoms with Gasteiger partial charge in [0, 0.05) is 17.1 Å². The number of fused-ring (bicyclic) bond motifs is 2. The van der Waals surface area contributed by atoms with E-state index >= 15 is 0 Å². The van der Waals surface area contributed by atoms with Gasteiger partial charge in [-0.2, -0.15) is 13.2 Å². The highest BCUT2D eigenvalue weighted by atomic mass is 19.4. The molecule has 2 unspecified atom stereocenters. The Kier molecular flexibility index (Phi) is 4.44. The lowest BCUT2D eigenvalue weighted by molar-refractivity contribution is -0.160. The van der Waals surface area contributed by atoms with E-state index in [-0.39, 0.29) is 18.3 Å². The molecule has 144 valence electrons. The van der Waals surface area contributed by atoms with Crippen LogP contribution in [0, 0.1) is 22.7 Å². The number of nitrogens with zero attached hydrogens (tertiary/aromatic N) is 1. The van der Waals surface area contributed by atoms with Crippen LogP contribution in [0.5, 0.6) is 0 Å². The number of hydrogen-bond donors (Lipinski definition) is 2. The first-order chi connectivity index (χ1) is 12.9. The van der Waals surface area contributed by atoms with E-state index in [1.54, 1.807) is 12.3 Å². The van der Waals surface area contributed by atoms with Gasteiger partial charge < -0.3 is 10.6 Å². The van der Waals surface area contributed by atoms with Gasteiger partial charge in [0.25, 0.3) is 0 Å². The molecular weight excluding hydrogens is 359 g/mol. The fourth-order valence-electron chi connectivity index (χ4n) is 4.76. The molecule has 0 spiro atoms. The summed E-state index contributed by atoms with van der Waals surface area (Å²) >= 11 is 0. The summed E-state index contributed by atoms with van der Waals surface area (Å²) in [6.07, 6.45) is 5.50. The average Bonchev–Trinajstić information content (AvgIpc) is 2.68. The summed E-state index contributed by atoms with van der Waals surface area (Å²) in [5.41, 5.74) is 2.94. The van der Waals surface area contributed by atoms with Crippen molar-refractivity contribution in [3.8, 4) is 0 Å². The van der Waals surface area contributed by atoms with Crippen molar-refractivity contribution in [3.63, 3.8) is 0 Å². The molecule has 1 amide bonds. The summed E-state index contributed by atoms with van der Waals surface area (Å²) < 4.78 is 39.1. The Labute approximate surface area is 154 Å². The molecule has 2 N–H and O–H groups in total. The molecular formula is C19H20F3N3O2. The number of carbonyl (C=O) groups excluding carboxylic acids is 1. The molecule has 0 radical (unpaired) electrons. The summed E-state index contributed by atoms with van der Waals surface area (Å²) in [4.78, 5) is 22.8. The van der Waals surface area contributed by atoms with Crippen molar-refractivity contribution in [2.45, 2.75) is 44.3 Å². The van der Waals surface area contributed by atoms with E-state index in [2.05, 4.69) is 15.8 Å². The number of hydrogen-bond acceptors (Lipinski definition) is 4. The van der Waals surface area contributed by atoms with Gasteiger partial charge in [0.05, 0.1) is 11.6 Å². The number of amides is 1. The quantitative estimate of drug-likeness (QED) is 0.732. The van der Waals surface area contributed by atoms with Crippen molar-refractivity contribution in [1.29, 1.82) is 0 Å². The van der Waals surface area contributed by atoms with Gasteiger partial charge in [-0.15, -0.1) is 4.91 Å². The maximum absolute atomic E-state index is 13.0. The van der Waals surface area contributed by atoms with E-state index in [0.29, 0.717) is 11.4 Å². The van der Waals surface area contributed by atoms with Gasteiger partial charge in [-0.3, -0.25) is 4.79 Å². The Morgan fingerprint density at radius 2 is 1.89 bits per heavy atom. The monoisotopic (exact) mass is 379 g/mol. The predicted octanol–water partition coefficient (Wildman–Crippen LogP) is 3.82. The van der Waals surface area contributed by atoms with Crippen molar-refractivity contribution in [2.75, 3.05) is 0 Å². The lowest BCUT2D eigenvalue weighted by Crippen LogP contribution is -2.46. The molecule has 5 rings (SSSR count). The van der Waals surface area contributed by atoms with Gasteiger partial charge in [-0.25, -0.2) is 0 Å². The Morgan fingerprint density at radius 3 is 2.56 bits per heavy atom. The lowest BCUT2D eigenvalue weighted by atomic mass is 9.63. The van der Waals surface area contributed by atoms with Crippen LogP contribution in [0.25, 0.3) is 0 Å². The number of halogens is 3. The van der Waals surface area contributed by atoms with Crippen LogP contribution in [0.15, 0.2) is 52.1 Å². The smallest absolute Gasteiger partial charge is 0.374 e. The SMILES string of the molecule is O=NC(=O)C1NC=C(NC2=CC(C(F)(F)F)CC=C2)C2=C1C1CCC2CC1. The summed E-state index contributed by atoms with van der Waals surface area (Å²) in [5, 5.41) is 8.63. The minimum absolute atomic E-state index is 0.0633. The highest BCUT2D eigenvalue weighted by molar-refractivity contribution is 5.87. The maximum atomic E-state index is 13.0. The second kappa shape index (κ2) is 6.65. The van der Waals surface area contributed by atoms with E-state index in [9.17, 15) is 22.9 Å². The molecule has 0 saturated heterocycles. The van der Waals surface area contributed by atoms with Crippen molar-refractivity contribution in [1.82, 2.24) is 10.6 Å². The number of dihydropyridines is 1. The van der Waals surface area contributed by atoms with Crippen molar-refractivity contribution < 1.29 is 18.0 Å². The molecule has 0 aromatic carbocycles. The second-order valence-electron chi connectivity index (χ2n) is 7.54. The molecule has 4 aliphatic carbocycles. The zero-order chi connectivity index (χ0) is 19.2. The Morgan fingerprint density at radius 1 is 1.19 bits per heavy atom. The van der Waals surface area contributed by atoms with E-state index < -0.39 is 24.0 Å². The third kappa shape index (κ3) is 3.21. The largest absolute Gasteiger partial charge is 0.395 e. The Hall–Kier alpha value is -2.38. The molecule has 1 aliphatic heterocycles. The molecule has 1 saturated carbocycles. The normalized spacial score (nSPS) is 32.3. The van der Waals surface area contributed by atoms with Crippen LogP contribution in [-0.4, -0.2) is 18.1 Å². The molecule has 1 fully saturated rings. The number of nitroso groups, excluding NO2 is 1. The summed E-state index contributed by atoms with van der Waals surface area (Å²) in [6.45, 7) is 0. The first-order valence-corrected chi connectivity index (χ1v) is 9.18. The molecule has 1 heterocycles. The fraction of sp³-hybridized carbons (Fsp3) is 0.526. The van der Waals surface area contributed by atoms with Crippen LogP contribution >= 0.6 is 0 Å². The average molecular weight is 379 g/mol. The van der Waals surface area contributed by atoms with Crippen LogP contribution in [0.3, 0.4) is 0 Å². The van der Waals surface area contributed by atoms with Crippen LogP contribution in [-0.2, 0) is 4.79 Å².